The first-order chi connectivity index (χ1) is 19.8. The van der Waals surface area contributed by atoms with E-state index in [-0.39, 0.29) is 0 Å². The molecule has 0 unspecified atom stereocenters. The topological polar surface area (TPSA) is 30.2 Å². The molecule has 0 saturated carbocycles. The van der Waals surface area contributed by atoms with Crippen molar-refractivity contribution >= 4 is 34.1 Å². The molecule has 0 atom stereocenters. The van der Waals surface area contributed by atoms with Gasteiger partial charge in [0.1, 0.15) is 11.9 Å². The average Bonchev–Trinajstić information content (AvgIpc) is 3.05. The van der Waals surface area contributed by atoms with Gasteiger partial charge in [0.05, 0.1) is 0 Å². The number of pyridine rings is 1. The Bertz CT molecular complexity index is 1430. The van der Waals surface area contributed by atoms with Crippen LogP contribution in [0.1, 0.15) is 0 Å². The zero-order valence-electron chi connectivity index (χ0n) is 22.2. The minimum atomic E-state index is -1.22. The number of nitrogens with zero attached hydrogens (tertiary/aromatic N) is 1. The van der Waals surface area contributed by atoms with E-state index < -0.39 is 12.2 Å². The predicted molar refractivity (Wildman–Crippen MR) is 165 cm³/mol. The van der Waals surface area contributed by atoms with Crippen molar-refractivity contribution in [3.63, 3.8) is 0 Å². The Morgan fingerprint density at radius 1 is 0.425 bits per heavy atom. The molecule has 0 saturated heterocycles. The van der Waals surface area contributed by atoms with Crippen LogP contribution >= 0.6 is 0 Å². The van der Waals surface area contributed by atoms with Gasteiger partial charge in [0.25, 0.3) is 0 Å². The SMILES string of the molecule is O=C(Oc1ccccc1)[n+]1ccccc1.c1ccc([B-](c2ccccc2)(c2ccccc2)c2ccccc2)cc1. The number of carbonyl (C=O) groups excluding carboxylic acids is 1. The van der Waals surface area contributed by atoms with E-state index in [2.05, 4.69) is 121 Å². The number of para-hydroxylation sites is 1. The Balaban J connectivity index is 0.000000184. The fourth-order valence-electron chi connectivity index (χ4n) is 5.28. The van der Waals surface area contributed by atoms with Gasteiger partial charge in [-0.25, -0.2) is 0 Å². The van der Waals surface area contributed by atoms with Crippen LogP contribution in [0.5, 0.6) is 5.75 Å². The highest BCUT2D eigenvalue weighted by Crippen LogP contribution is 2.09. The fraction of sp³-hybridized carbons (Fsp3) is 0. The lowest BCUT2D eigenvalue weighted by molar-refractivity contribution is -0.582. The van der Waals surface area contributed by atoms with Crippen molar-refractivity contribution in [3.05, 3.63) is 182 Å². The van der Waals surface area contributed by atoms with Gasteiger partial charge in [-0.1, -0.05) is 150 Å². The molecule has 6 aromatic rings. The number of hydrogen-bond acceptors (Lipinski definition) is 2. The summed E-state index contributed by atoms with van der Waals surface area (Å²) in [5, 5.41) is 0. The second kappa shape index (κ2) is 13.0. The van der Waals surface area contributed by atoms with Crippen LogP contribution in [-0.2, 0) is 0 Å². The lowest BCUT2D eigenvalue weighted by atomic mass is 9.13. The first-order valence-corrected chi connectivity index (χ1v) is 13.4. The minimum Gasteiger partial charge on any atom is -0.372 e. The van der Waals surface area contributed by atoms with Crippen LogP contribution in [0, 0.1) is 0 Å². The van der Waals surface area contributed by atoms with E-state index in [1.807, 2.05) is 24.3 Å². The molecule has 4 heteroatoms. The van der Waals surface area contributed by atoms with E-state index in [0.29, 0.717) is 5.75 Å². The van der Waals surface area contributed by atoms with Crippen LogP contribution in [0.3, 0.4) is 0 Å². The molecule has 0 bridgehead atoms. The molecule has 0 spiro atoms. The lowest BCUT2D eigenvalue weighted by Crippen LogP contribution is -2.74. The van der Waals surface area contributed by atoms with Gasteiger partial charge in [-0.2, -0.15) is 26.6 Å². The summed E-state index contributed by atoms with van der Waals surface area (Å²) in [6, 6.07) is 57.9. The van der Waals surface area contributed by atoms with Crippen LogP contribution in [0.25, 0.3) is 0 Å². The third-order valence-electron chi connectivity index (χ3n) is 7.07. The number of benzene rings is 5. The van der Waals surface area contributed by atoms with Gasteiger partial charge in [-0.15, -0.1) is 0 Å². The molecule has 0 aliphatic carbocycles. The molecule has 1 aromatic heterocycles. The molecule has 1 heterocycles. The van der Waals surface area contributed by atoms with Crippen molar-refractivity contribution in [3.8, 4) is 5.75 Å². The van der Waals surface area contributed by atoms with E-state index in [4.69, 9.17) is 4.74 Å². The summed E-state index contributed by atoms with van der Waals surface area (Å²) in [5.41, 5.74) is 5.36. The monoisotopic (exact) mass is 519 g/mol. The second-order valence-electron chi connectivity index (χ2n) is 9.47. The molecule has 0 fully saturated rings. The average molecular weight is 519 g/mol. The van der Waals surface area contributed by atoms with Gasteiger partial charge < -0.3 is 4.74 Å². The minimum absolute atomic E-state index is 0.415. The maximum absolute atomic E-state index is 11.6. The largest absolute Gasteiger partial charge is 0.607 e. The van der Waals surface area contributed by atoms with Gasteiger partial charge in [0.2, 0.25) is 0 Å². The van der Waals surface area contributed by atoms with E-state index in [1.54, 1.807) is 36.7 Å². The van der Waals surface area contributed by atoms with Crippen LogP contribution in [0.4, 0.5) is 4.79 Å². The van der Waals surface area contributed by atoms with Gasteiger partial charge >= 0.3 is 6.09 Å². The highest BCUT2D eigenvalue weighted by molar-refractivity contribution is 7.19. The van der Waals surface area contributed by atoms with Crippen LogP contribution < -0.4 is 31.2 Å². The molecule has 40 heavy (non-hydrogen) atoms. The van der Waals surface area contributed by atoms with E-state index in [1.165, 1.54) is 26.4 Å². The Labute approximate surface area is 235 Å². The van der Waals surface area contributed by atoms with Crippen molar-refractivity contribution in [1.82, 2.24) is 0 Å². The zero-order valence-corrected chi connectivity index (χ0v) is 22.2. The lowest BCUT2D eigenvalue weighted by Gasteiger charge is -2.44. The highest BCUT2D eigenvalue weighted by atomic mass is 16.6. The Hall–Kier alpha value is -5.22. The molecular weight excluding hydrogens is 489 g/mol. The molecule has 6 rings (SSSR count). The first kappa shape index (κ1) is 26.4. The molecule has 0 aliphatic rings. The molecule has 0 aliphatic heterocycles. The summed E-state index contributed by atoms with van der Waals surface area (Å²) in [5.74, 6) is 0.541. The Morgan fingerprint density at radius 2 is 0.725 bits per heavy atom. The van der Waals surface area contributed by atoms with Crippen molar-refractivity contribution in [1.29, 1.82) is 0 Å². The third-order valence-corrected chi connectivity index (χ3v) is 7.07. The molecule has 0 N–H and O–H groups in total. The maximum atomic E-state index is 11.6. The summed E-state index contributed by atoms with van der Waals surface area (Å²) < 4.78 is 6.51. The Kier molecular flexibility index (Phi) is 8.60. The van der Waals surface area contributed by atoms with E-state index >= 15 is 0 Å². The number of hydrogen-bond donors (Lipinski definition) is 0. The second-order valence-corrected chi connectivity index (χ2v) is 9.47. The van der Waals surface area contributed by atoms with Crippen molar-refractivity contribution in [2.45, 2.75) is 0 Å². The molecule has 5 aromatic carbocycles. The van der Waals surface area contributed by atoms with Crippen molar-refractivity contribution in [2.24, 2.45) is 0 Å². The third kappa shape index (κ3) is 5.92. The van der Waals surface area contributed by atoms with Crippen LogP contribution in [0.2, 0.25) is 0 Å². The zero-order chi connectivity index (χ0) is 27.5. The summed E-state index contributed by atoms with van der Waals surface area (Å²) in [4.78, 5) is 11.6. The maximum Gasteiger partial charge on any atom is 0.607 e. The van der Waals surface area contributed by atoms with Gasteiger partial charge in [0, 0.05) is 12.1 Å². The van der Waals surface area contributed by atoms with Crippen LogP contribution in [0.15, 0.2) is 182 Å². The molecule has 0 radical (unpaired) electrons. The summed E-state index contributed by atoms with van der Waals surface area (Å²) in [6.45, 7) is 0. The summed E-state index contributed by atoms with van der Waals surface area (Å²) in [7, 11) is 0. The van der Waals surface area contributed by atoms with Crippen molar-refractivity contribution in [2.75, 3.05) is 0 Å². The number of ether oxygens (including phenoxy) is 1. The van der Waals surface area contributed by atoms with Gasteiger partial charge in [-0.3, -0.25) is 0 Å². The highest BCUT2D eigenvalue weighted by Gasteiger charge is 2.31. The first-order valence-electron chi connectivity index (χ1n) is 13.4. The summed E-state index contributed by atoms with van der Waals surface area (Å²) in [6.07, 6.45) is 1.66. The standard InChI is InChI=1S/C24H20B.C12H10NO2/c1-5-13-21(14-6-1)25(22-15-7-2-8-16-22,23-17-9-3-10-18-23)24-19-11-4-12-20-24;14-12(13-9-5-2-6-10-13)15-11-7-3-1-4-8-11/h1-20H;1-10H/q-1;+1. The molecule has 3 nitrogen and oxygen atoms in total. The van der Waals surface area contributed by atoms with E-state index in [0.717, 1.165) is 0 Å². The molecule has 194 valence electrons. The number of carbonyl (C=O) groups is 1. The normalized spacial score (nSPS) is 10.6. The van der Waals surface area contributed by atoms with Crippen LogP contribution in [-0.4, -0.2) is 12.2 Å². The van der Waals surface area contributed by atoms with Gasteiger partial charge in [-0.05, 0) is 12.1 Å². The number of aromatic nitrogens is 1. The Morgan fingerprint density at radius 3 is 1.07 bits per heavy atom. The quantitative estimate of drug-likeness (QED) is 0.235. The predicted octanol–water partition coefficient (Wildman–Crippen LogP) is 5.09. The smallest absolute Gasteiger partial charge is 0.372 e. The molecular formula is C36H30BNO2. The van der Waals surface area contributed by atoms with E-state index in [9.17, 15) is 4.79 Å². The number of rotatable bonds is 5. The van der Waals surface area contributed by atoms with Crippen molar-refractivity contribution < 1.29 is 14.1 Å². The summed E-state index contributed by atoms with van der Waals surface area (Å²) >= 11 is 0. The van der Waals surface area contributed by atoms with Gasteiger partial charge in [0.15, 0.2) is 12.4 Å². The molecule has 0 amide bonds. The fourth-order valence-corrected chi connectivity index (χ4v) is 5.28.